The molecule has 0 saturated heterocycles. The molecule has 260 valence electrons. The van der Waals surface area contributed by atoms with Crippen LogP contribution in [0.1, 0.15) is 41.0 Å². The molecule has 0 spiro atoms. The van der Waals surface area contributed by atoms with E-state index in [1.54, 1.807) is 0 Å². The van der Waals surface area contributed by atoms with Gasteiger partial charge in [-0.15, -0.1) is 0 Å². The van der Waals surface area contributed by atoms with Gasteiger partial charge in [0.25, 0.3) is 0 Å². The van der Waals surface area contributed by atoms with Crippen molar-refractivity contribution in [3.05, 3.63) is 0 Å². The van der Waals surface area contributed by atoms with E-state index in [2.05, 4.69) is 209 Å². The molecule has 0 N–H and O–H groups in total. The van der Waals surface area contributed by atoms with Gasteiger partial charge in [0.2, 0.25) is 7.34 Å². The fourth-order valence-corrected chi connectivity index (χ4v) is 26.0. The zero-order valence-electron chi connectivity index (χ0n) is 32.4. The van der Waals surface area contributed by atoms with E-state index >= 15 is 0 Å². The molecule has 0 aromatic carbocycles. The highest BCUT2D eigenvalue weighted by Crippen LogP contribution is 2.77. The first-order valence-corrected chi connectivity index (χ1v) is 21.3. The summed E-state index contributed by atoms with van der Waals surface area (Å²) < 4.78 is 39.0. The number of nitrogens with zero attached hydrogens (tertiary/aromatic N) is 12. The second-order valence-corrected chi connectivity index (χ2v) is 29.0. The molecule has 0 aliphatic heterocycles. The van der Waals surface area contributed by atoms with Gasteiger partial charge in [0.05, 0.1) is 0 Å². The molecule has 43 heavy (non-hydrogen) atoms. The normalized spacial score (nSPS) is 15.0. The third kappa shape index (κ3) is 9.83. The van der Waals surface area contributed by atoms with Gasteiger partial charge >= 0.3 is 0 Å². The lowest BCUT2D eigenvalue weighted by atomic mass is 9.78. The minimum Gasteiger partial charge on any atom is -0.252 e. The van der Waals surface area contributed by atoms with Crippen molar-refractivity contribution in [2.75, 3.05) is 127 Å². The van der Waals surface area contributed by atoms with Crippen LogP contribution >= 0.6 is 29.9 Å². The summed E-state index contributed by atoms with van der Waals surface area (Å²) in [7, 11) is 28.2. The summed E-state index contributed by atoms with van der Waals surface area (Å²) in [6, 6.07) is 0. The van der Waals surface area contributed by atoms with E-state index < -0.39 is 29.9 Å². The van der Waals surface area contributed by atoms with Crippen molar-refractivity contribution in [1.29, 1.82) is 0 Å². The van der Waals surface area contributed by atoms with Gasteiger partial charge in [-0.2, -0.15) is 13.5 Å². The van der Waals surface area contributed by atoms with E-state index in [1.807, 2.05) is 0 Å². The van der Waals surface area contributed by atoms with Gasteiger partial charge in [-0.05, 0) is 150 Å². The van der Waals surface area contributed by atoms with Crippen molar-refractivity contribution in [3.63, 3.8) is 0 Å². The van der Waals surface area contributed by atoms with Crippen LogP contribution in [0.25, 0.3) is 0 Å². The Kier molecular flexibility index (Phi) is 15.9. The summed E-state index contributed by atoms with van der Waals surface area (Å²) in [5.74, 6) is 2.48. The molecule has 16 heteroatoms. The van der Waals surface area contributed by atoms with Crippen molar-refractivity contribution < 1.29 is 0 Å². The first-order chi connectivity index (χ1) is 19.0. The summed E-state index contributed by atoms with van der Waals surface area (Å²) in [5.41, 5.74) is -0.0926. The van der Waals surface area contributed by atoms with Gasteiger partial charge in [0, 0.05) is 0 Å². The van der Waals surface area contributed by atoms with E-state index in [1.165, 1.54) is 0 Å². The molecule has 12 nitrogen and oxygen atoms in total. The second-order valence-electron chi connectivity index (χ2n) is 15.0. The van der Waals surface area contributed by atoms with Crippen LogP contribution in [-0.4, -0.2) is 175 Å². The second kappa shape index (κ2) is 15.7. The van der Waals surface area contributed by atoms with E-state index in [4.69, 9.17) is 13.5 Å². The maximum atomic E-state index is 6.12. The molecule has 0 unspecified atom stereocenters. The molecule has 0 radical (unpaired) electrons. The van der Waals surface area contributed by atoms with Crippen LogP contribution in [-0.2, 0) is 0 Å². The third-order valence-electron chi connectivity index (χ3n) is 7.09. The summed E-state index contributed by atoms with van der Waals surface area (Å²) in [6.45, 7) is 11.6. The van der Waals surface area contributed by atoms with Crippen LogP contribution in [0.15, 0.2) is 13.5 Å². The summed E-state index contributed by atoms with van der Waals surface area (Å²) >= 11 is 0. The fourth-order valence-electron chi connectivity index (χ4n) is 6.48. The van der Waals surface area contributed by atoms with Crippen molar-refractivity contribution in [2.45, 2.75) is 41.0 Å². The largest absolute Gasteiger partial charge is 0.252 e. The predicted octanol–water partition coefficient (Wildman–Crippen LogP) is 6.91. The average molecular weight is 689 g/mol. The molecule has 0 aromatic rings. The monoisotopic (exact) mass is 688 g/mol. The first-order valence-electron chi connectivity index (χ1n) is 14.8. The lowest BCUT2D eigenvalue weighted by Crippen LogP contribution is -2.32. The minimum atomic E-state index is -3.03. The summed E-state index contributed by atoms with van der Waals surface area (Å²) in [5, 5.41) is 0. The molecular formula is C27H72N12P4. The van der Waals surface area contributed by atoms with Gasteiger partial charge < -0.3 is 0 Å². The van der Waals surface area contributed by atoms with Gasteiger partial charge in [-0.3, -0.25) is 42.0 Å². The fraction of sp³-hybridized carbons (Fsp3) is 0.963. The Bertz CT molecular complexity index is 928. The molecule has 0 aliphatic carbocycles. The van der Waals surface area contributed by atoms with Crippen LogP contribution in [0, 0.1) is 10.8 Å². The number of hydrogen-bond donors (Lipinski definition) is 0. The van der Waals surface area contributed by atoms with Crippen molar-refractivity contribution >= 4 is 35.7 Å². The van der Waals surface area contributed by atoms with E-state index in [0.717, 1.165) is 6.42 Å². The van der Waals surface area contributed by atoms with E-state index in [-0.39, 0.29) is 10.8 Å². The Morgan fingerprint density at radius 2 is 0.581 bits per heavy atom. The lowest BCUT2D eigenvalue weighted by Gasteiger charge is -2.47. The molecule has 0 amide bonds. The van der Waals surface area contributed by atoms with Gasteiger partial charge in [-0.1, -0.05) is 34.6 Å². The molecule has 0 fully saturated rings. The number of rotatable bonds is 14. The molecule has 0 aromatic heterocycles. The van der Waals surface area contributed by atoms with Crippen LogP contribution in [0.3, 0.4) is 0 Å². The molecule has 0 saturated carbocycles. The van der Waals surface area contributed by atoms with Gasteiger partial charge in [0.15, 0.2) is 22.5 Å². The zero-order valence-corrected chi connectivity index (χ0v) is 36.0. The molecule has 0 rings (SSSR count). The number of hydrogen-bond acceptors (Lipinski definition) is 3. The molecular weight excluding hydrogens is 616 g/mol. The smallest absolute Gasteiger partial charge is 0.212 e. The van der Waals surface area contributed by atoms with Crippen LogP contribution in [0.4, 0.5) is 0 Å². The first kappa shape index (κ1) is 43.6. The molecule has 0 atom stereocenters. The quantitative estimate of drug-likeness (QED) is 0.181. The minimum absolute atomic E-state index is 0.111. The standard InChI is InChI=1S/C27H72N12P4/c1-26(2,3)24-27(4,5)25-40(28-41(31(6)7,32(8)9)33(10)11,29-42(34(12)13,35(14)15)36(16)17)30-43(37(18)19,38(20)21)39(22)23/h25H,24H2,1-23H3. The summed E-state index contributed by atoms with van der Waals surface area (Å²) in [6.07, 6.45) is 0.980. The molecule has 0 bridgehead atoms. The third-order valence-corrected chi connectivity index (χ3v) is 23.8. The van der Waals surface area contributed by atoms with Crippen molar-refractivity contribution in [1.82, 2.24) is 42.0 Å². The Labute approximate surface area is 269 Å². The Balaban J connectivity index is 9.74. The highest BCUT2D eigenvalue weighted by atomic mass is 31.3. The highest BCUT2D eigenvalue weighted by molar-refractivity contribution is 7.85. The SMILES string of the molecule is CN(C)P(=NP(=CC(C)(C)CC(C)(C)C)(N=P(N(C)C)(N(C)C)N(C)C)N=P(N(C)C)(N(C)C)N(C)C)(N(C)C)N(C)C. The van der Waals surface area contributed by atoms with Crippen molar-refractivity contribution in [3.8, 4) is 0 Å². The lowest BCUT2D eigenvalue weighted by molar-refractivity contribution is 0.285. The highest BCUT2D eigenvalue weighted by Gasteiger charge is 2.41. The zero-order chi connectivity index (χ0) is 34.7. The Hall–Kier alpha value is 0.630. The van der Waals surface area contributed by atoms with Crippen LogP contribution in [0.5, 0.6) is 0 Å². The van der Waals surface area contributed by atoms with Crippen molar-refractivity contribution in [2.24, 2.45) is 24.4 Å². The molecule has 0 heterocycles. The topological polar surface area (TPSA) is 66.2 Å². The average Bonchev–Trinajstić information content (AvgIpc) is 2.75. The maximum absolute atomic E-state index is 6.12. The summed E-state index contributed by atoms with van der Waals surface area (Å²) in [4.78, 5) is 0. The van der Waals surface area contributed by atoms with Crippen LogP contribution in [0.2, 0.25) is 0 Å². The molecule has 0 aliphatic rings. The van der Waals surface area contributed by atoms with Gasteiger partial charge in [0.1, 0.15) is 0 Å². The van der Waals surface area contributed by atoms with E-state index in [9.17, 15) is 0 Å². The van der Waals surface area contributed by atoms with Crippen LogP contribution < -0.4 is 0 Å². The Morgan fingerprint density at radius 3 is 0.721 bits per heavy atom. The van der Waals surface area contributed by atoms with Gasteiger partial charge in [-0.25, -0.2) is 0 Å². The predicted molar refractivity (Wildman–Crippen MR) is 202 cm³/mol. The maximum Gasteiger partial charge on any atom is 0.212 e. The van der Waals surface area contributed by atoms with E-state index in [0.29, 0.717) is 0 Å². The Morgan fingerprint density at radius 1 is 0.395 bits per heavy atom.